The molecule has 1 fully saturated rings. The molecule has 0 N–H and O–H groups in total. The minimum Gasteiger partial charge on any atom is -0.372 e. The molecule has 0 aromatic heterocycles. The Morgan fingerprint density at radius 3 is 0.771 bits per heavy atom. The van der Waals surface area contributed by atoms with E-state index in [0.29, 0.717) is 41.6 Å². The van der Waals surface area contributed by atoms with Crippen LogP contribution in [-0.2, 0) is 13.1 Å². The molecule has 10 rings (SSSR count). The summed E-state index contributed by atoms with van der Waals surface area (Å²) in [5, 5.41) is 61.6. The van der Waals surface area contributed by atoms with Crippen molar-refractivity contribution < 1.29 is 0 Å². The summed E-state index contributed by atoms with van der Waals surface area (Å²) in [5.74, 6) is 6.46. The summed E-state index contributed by atoms with van der Waals surface area (Å²) in [6.45, 7) is 51.6. The lowest BCUT2D eigenvalue weighted by Crippen LogP contribution is -2.31. The number of terminal acetylenes is 2. The van der Waals surface area contributed by atoms with Gasteiger partial charge in [0.15, 0.2) is 0 Å². The maximum absolute atomic E-state index is 8.94. The molecule has 0 radical (unpaired) electrons. The standard InChI is InChI=1S/C24H22N2.C22H34N2.C20H30N2.C18H26N2.C16H18N2.C16H14N2.C14H16N2/c1-20(17-25)16-21-12-14-24(15-13-21)26(18-22-8-4-2-5-9-22)19-23-10-6-3-7-11-23;1-4-6-8-10-16-24(17-11-9-7-5-2)22-14-12-21(13-15-22)18-20(3)19-23;1-4-6-8-14-22(15-9-7-5-2)20-12-10-19(11-13-20)16-18(3)17-21;1-14(2)12-20(13-15(3)4)18-8-6-17(7-9-18)10-16(5)11-19;2*1-4-10-18(11-5-2)16-8-6-15(7-9-16)12-14(3)13-17;1-12(11-15)10-13-4-6-14(7-5-13)16-8-2-3-9-16/h2-16H,18-19H2,1H3;12-15,18H,4-11,16-17H2,1-3H3;10-13,16H,4-9,14-15H2,1-3H3;6-10,14-15H,12-13H2,1-5H3;4-9,12H,1-2,10-11H2,3H3;1-2,6-9,12H,10-11H2,3H3;4-7,10H,2-3,8-9H2,1H3/b20-16-;20-18-;18-16-;16-10-;2*14-12-;12-10-. The molecule has 0 spiro atoms. The largest absolute Gasteiger partial charge is 0.372 e. The number of hydrogen-bond acceptors (Lipinski definition) is 14. The van der Waals surface area contributed by atoms with E-state index in [-0.39, 0.29) is 0 Å². The van der Waals surface area contributed by atoms with E-state index in [1.165, 1.54) is 155 Å². The van der Waals surface area contributed by atoms with Crippen molar-refractivity contribution in [1.82, 2.24) is 0 Å². The van der Waals surface area contributed by atoms with E-state index in [0.717, 1.165) is 138 Å². The second kappa shape index (κ2) is 73.8. The van der Waals surface area contributed by atoms with Crippen LogP contribution in [0.25, 0.3) is 42.5 Å². The first-order chi connectivity index (χ1) is 69.8. The Balaban J connectivity index is 0.000000352. The highest BCUT2D eigenvalue weighted by Crippen LogP contribution is 2.29. The maximum atomic E-state index is 8.94. The Bertz CT molecular complexity index is 5700. The Morgan fingerprint density at radius 2 is 0.528 bits per heavy atom. The van der Waals surface area contributed by atoms with Crippen molar-refractivity contribution in [1.29, 1.82) is 36.8 Å². The molecule has 0 unspecified atom stereocenters. The van der Waals surface area contributed by atoms with Crippen LogP contribution in [0.15, 0.2) is 295 Å². The molecule has 0 saturated carbocycles. The van der Waals surface area contributed by atoms with Crippen LogP contribution in [0.2, 0.25) is 0 Å². The van der Waals surface area contributed by atoms with Gasteiger partial charge in [0.25, 0.3) is 0 Å². The quantitative estimate of drug-likeness (QED) is 0.0152. The van der Waals surface area contributed by atoms with Crippen molar-refractivity contribution >= 4 is 82.3 Å². The molecule has 1 saturated heterocycles. The molecule has 14 nitrogen and oxygen atoms in total. The third-order valence-electron chi connectivity index (χ3n) is 23.3. The molecule has 1 aliphatic heterocycles. The predicted molar refractivity (Wildman–Crippen MR) is 620 cm³/mol. The van der Waals surface area contributed by atoms with E-state index in [9.17, 15) is 0 Å². The van der Waals surface area contributed by atoms with Crippen LogP contribution < -0.4 is 34.3 Å². The fourth-order valence-corrected chi connectivity index (χ4v) is 15.8. The number of rotatable bonds is 46. The number of anilines is 7. The van der Waals surface area contributed by atoms with Gasteiger partial charge >= 0.3 is 0 Å². The van der Waals surface area contributed by atoms with Crippen LogP contribution in [0.3, 0.4) is 0 Å². The highest BCUT2D eigenvalue weighted by atomic mass is 15.2. The van der Waals surface area contributed by atoms with Crippen molar-refractivity contribution in [3.8, 4) is 67.2 Å². The van der Waals surface area contributed by atoms with Gasteiger partial charge < -0.3 is 34.3 Å². The second-order valence-electron chi connectivity index (χ2n) is 37.2. The molecule has 0 aliphatic carbocycles. The van der Waals surface area contributed by atoms with Crippen LogP contribution in [0, 0.1) is 116 Å². The molecular formula is C130H160N14. The van der Waals surface area contributed by atoms with E-state index < -0.39 is 0 Å². The molecular weight excluding hydrogens is 1760 g/mol. The van der Waals surface area contributed by atoms with Gasteiger partial charge in [-0.25, -0.2) is 0 Å². The van der Waals surface area contributed by atoms with E-state index >= 15 is 0 Å². The first kappa shape index (κ1) is 121. The average molecular weight is 1920 g/mol. The smallest absolute Gasteiger partial charge is 0.0944 e. The minimum atomic E-state index is 0.483. The molecule has 1 heterocycles. The fourth-order valence-electron chi connectivity index (χ4n) is 15.8. The molecule has 1 aliphatic rings. The average Bonchev–Trinajstić information content (AvgIpc) is 1.61. The molecule has 0 amide bonds. The van der Waals surface area contributed by atoms with Crippen molar-refractivity contribution in [2.45, 2.75) is 220 Å². The summed E-state index contributed by atoms with van der Waals surface area (Å²) in [6.07, 6.45) is 48.3. The number of unbranched alkanes of at least 4 members (excludes halogenated alkanes) is 10. The van der Waals surface area contributed by atoms with Crippen molar-refractivity contribution in [2.75, 3.05) is 113 Å². The molecule has 9 aromatic carbocycles. The Hall–Kier alpha value is -15.2. The Morgan fingerprint density at radius 1 is 0.299 bits per heavy atom. The van der Waals surface area contributed by atoms with Gasteiger partial charge in [0, 0.05) is 157 Å². The number of nitriles is 7. The zero-order valence-electron chi connectivity index (χ0n) is 89.3. The summed E-state index contributed by atoms with van der Waals surface area (Å²) in [6, 6.07) is 94.5. The van der Waals surface area contributed by atoms with Gasteiger partial charge in [-0.05, 0) is 276 Å². The maximum Gasteiger partial charge on any atom is 0.0944 e. The highest BCUT2D eigenvalue weighted by molar-refractivity contribution is 5.67. The summed E-state index contributed by atoms with van der Waals surface area (Å²) < 4.78 is 0. The van der Waals surface area contributed by atoms with Gasteiger partial charge in [-0.2, -0.15) is 36.8 Å². The first-order valence-electron chi connectivity index (χ1n) is 51.5. The van der Waals surface area contributed by atoms with Gasteiger partial charge in [0.05, 0.1) is 55.6 Å². The molecule has 144 heavy (non-hydrogen) atoms. The fraction of sp³-hybridized carbons (Fsp3) is 0.362. The first-order valence-corrected chi connectivity index (χ1v) is 51.5. The van der Waals surface area contributed by atoms with Gasteiger partial charge in [-0.1, -0.05) is 289 Å². The van der Waals surface area contributed by atoms with Crippen molar-refractivity contribution in [3.63, 3.8) is 0 Å². The third-order valence-corrected chi connectivity index (χ3v) is 23.3. The Labute approximate surface area is 870 Å². The SMILES string of the molecule is C#CCN(CC#C)c1ccc(/C=C(/C)C#N)cc1.C/C(C#N)=C/c1ccc(N(CC(C)C)CC(C)C)cc1.C/C(C#N)=C/c1ccc(N(Cc2ccccc2)Cc2ccccc2)cc1.C/C(C#N)=C/c1ccc(N2CCCC2)cc1.C=CCN(CC=C)c1ccc(/C=C(/C)C#N)cc1.CCCCCCN(CCCCCC)c1ccc(/C=C(/C)C#N)cc1.CCCCCN(CCCCC)c1ccc(/C=C(/C)C#N)cc1. The lowest BCUT2D eigenvalue weighted by molar-refractivity contribution is 0.553. The predicted octanol–water partition coefficient (Wildman–Crippen LogP) is 32.6. The number of benzene rings is 9. The third kappa shape index (κ3) is 51.3. The lowest BCUT2D eigenvalue weighted by Gasteiger charge is -2.28. The van der Waals surface area contributed by atoms with E-state index in [2.05, 4.69) is 322 Å². The minimum absolute atomic E-state index is 0.483. The second-order valence-corrected chi connectivity index (χ2v) is 37.2. The van der Waals surface area contributed by atoms with Crippen LogP contribution in [0.5, 0.6) is 0 Å². The van der Waals surface area contributed by atoms with Gasteiger partial charge in [0.1, 0.15) is 0 Å². The summed E-state index contributed by atoms with van der Waals surface area (Å²) in [4.78, 5) is 16.4. The molecule has 0 bridgehead atoms. The molecule has 0 atom stereocenters. The summed E-state index contributed by atoms with van der Waals surface area (Å²) >= 11 is 0. The summed E-state index contributed by atoms with van der Waals surface area (Å²) in [5.41, 5.74) is 23.6. The zero-order valence-corrected chi connectivity index (χ0v) is 89.3. The molecule has 9 aromatic rings. The van der Waals surface area contributed by atoms with Gasteiger partial charge in [-0.3, -0.25) is 0 Å². The Kier molecular flexibility index (Phi) is 62.1. The number of nitrogens with zero attached hydrogens (tertiary/aromatic N) is 14. The molecule has 14 heteroatoms. The van der Waals surface area contributed by atoms with Crippen molar-refractivity contribution in [2.24, 2.45) is 11.8 Å². The van der Waals surface area contributed by atoms with Gasteiger partial charge in [-0.15, -0.1) is 26.0 Å². The normalized spacial score (nSPS) is 11.6. The number of allylic oxidation sites excluding steroid dienone is 7. The molecule has 750 valence electrons. The summed E-state index contributed by atoms with van der Waals surface area (Å²) in [7, 11) is 0. The monoisotopic (exact) mass is 1920 g/mol. The van der Waals surface area contributed by atoms with E-state index in [4.69, 9.17) is 49.7 Å². The van der Waals surface area contributed by atoms with Crippen LogP contribution in [0.1, 0.15) is 257 Å². The van der Waals surface area contributed by atoms with E-state index in [1.54, 1.807) is 13.8 Å². The van der Waals surface area contributed by atoms with Gasteiger partial charge in [0.2, 0.25) is 0 Å². The highest BCUT2D eigenvalue weighted by Gasteiger charge is 2.16. The lowest BCUT2D eigenvalue weighted by atomic mass is 10.1. The van der Waals surface area contributed by atoms with Crippen LogP contribution >= 0.6 is 0 Å². The number of hydrogen-bond donors (Lipinski definition) is 0. The van der Waals surface area contributed by atoms with E-state index in [1.807, 2.05) is 155 Å². The van der Waals surface area contributed by atoms with Crippen molar-refractivity contribution in [3.05, 3.63) is 345 Å². The van der Waals surface area contributed by atoms with Crippen LogP contribution in [0.4, 0.5) is 39.8 Å². The zero-order chi connectivity index (χ0) is 105. The topological polar surface area (TPSA) is 189 Å². The van der Waals surface area contributed by atoms with Crippen LogP contribution in [-0.4, -0.2) is 78.5 Å².